The van der Waals surface area contributed by atoms with Gasteiger partial charge >= 0.3 is 13.2 Å². The van der Waals surface area contributed by atoms with E-state index in [4.69, 9.17) is 0 Å². The Bertz CT molecular complexity index is 986. The minimum Gasteiger partial charge on any atom is -0.435 e. The number of nitrogens with zero attached hydrogens (tertiary/aromatic N) is 2. The molecule has 0 saturated carbocycles. The first-order valence-electron chi connectivity index (χ1n) is 9.76. The van der Waals surface area contributed by atoms with Crippen molar-refractivity contribution in [1.82, 2.24) is 4.57 Å². The summed E-state index contributed by atoms with van der Waals surface area (Å²) in [7, 11) is 0. The molecule has 1 aliphatic rings. The molecule has 0 amide bonds. The fraction of sp³-hybridized carbons (Fsp3) is 0.318. The lowest BCUT2D eigenvalue weighted by Gasteiger charge is -2.08. The van der Waals surface area contributed by atoms with Crippen LogP contribution in [0.1, 0.15) is 25.1 Å². The van der Waals surface area contributed by atoms with Gasteiger partial charge in [-0.3, -0.25) is 0 Å². The highest BCUT2D eigenvalue weighted by Gasteiger charge is 2.27. The van der Waals surface area contributed by atoms with Gasteiger partial charge in [0.25, 0.3) is 5.82 Å². The normalized spacial score (nSPS) is 13.9. The monoisotopic (exact) mass is 421 g/mol. The van der Waals surface area contributed by atoms with Crippen LogP contribution in [-0.4, -0.2) is 17.8 Å². The molecule has 0 N–H and O–H groups in total. The molecule has 0 unspecified atom stereocenters. The van der Waals surface area contributed by atoms with Crippen LogP contribution >= 0.6 is 0 Å². The number of hydrogen-bond acceptors (Lipinski definition) is 2. The summed E-state index contributed by atoms with van der Waals surface area (Å²) in [6.07, 6.45) is 6.19. The molecule has 0 saturated heterocycles. The standard InChI is InChI=1S/C22H21F4N2O2/c23-21(24)29-17-9-5-15(6-10-17)19-14-27-13-3-1-2-4-20(27)28(19)16-7-11-18(12-8-16)30-22(25)26/h5-12,14,21-22H,1-4,13H2/q+1. The first kappa shape index (κ1) is 20.3. The number of ether oxygens (including phenoxy) is 2. The number of aromatic nitrogens is 2. The van der Waals surface area contributed by atoms with E-state index in [1.54, 1.807) is 24.3 Å². The average Bonchev–Trinajstić information content (AvgIpc) is 2.91. The third kappa shape index (κ3) is 4.42. The molecule has 3 aromatic rings. The molecule has 158 valence electrons. The van der Waals surface area contributed by atoms with E-state index in [2.05, 4.69) is 18.6 Å². The van der Waals surface area contributed by atoms with Crippen molar-refractivity contribution >= 4 is 0 Å². The average molecular weight is 421 g/mol. The largest absolute Gasteiger partial charge is 0.435 e. The number of rotatable bonds is 6. The van der Waals surface area contributed by atoms with Crippen LogP contribution in [0.15, 0.2) is 54.7 Å². The number of halogens is 4. The zero-order valence-corrected chi connectivity index (χ0v) is 16.1. The van der Waals surface area contributed by atoms with E-state index in [1.807, 2.05) is 6.20 Å². The van der Waals surface area contributed by atoms with Crippen LogP contribution in [0, 0.1) is 0 Å². The van der Waals surface area contributed by atoms with Crippen LogP contribution in [0.3, 0.4) is 0 Å². The molecule has 0 aliphatic carbocycles. The van der Waals surface area contributed by atoms with Gasteiger partial charge in [-0.2, -0.15) is 22.1 Å². The molecular weight excluding hydrogens is 400 g/mol. The van der Waals surface area contributed by atoms with Crippen molar-refractivity contribution in [3.8, 4) is 28.4 Å². The Morgan fingerprint density at radius 2 is 1.37 bits per heavy atom. The number of aryl methyl sites for hydroxylation is 1. The van der Waals surface area contributed by atoms with E-state index in [9.17, 15) is 17.6 Å². The van der Waals surface area contributed by atoms with Crippen LogP contribution in [0.4, 0.5) is 17.6 Å². The van der Waals surface area contributed by atoms with E-state index in [-0.39, 0.29) is 11.5 Å². The maximum Gasteiger partial charge on any atom is 0.387 e. The van der Waals surface area contributed by atoms with Crippen LogP contribution in [0.5, 0.6) is 11.5 Å². The zero-order valence-electron chi connectivity index (χ0n) is 16.1. The van der Waals surface area contributed by atoms with Crippen LogP contribution in [0.2, 0.25) is 0 Å². The van der Waals surface area contributed by atoms with Gasteiger partial charge in [-0.15, -0.1) is 0 Å². The molecule has 4 rings (SSSR count). The van der Waals surface area contributed by atoms with Gasteiger partial charge in [0.2, 0.25) is 0 Å². The number of hydrogen-bond donors (Lipinski definition) is 0. The lowest BCUT2D eigenvalue weighted by molar-refractivity contribution is -0.702. The maximum atomic E-state index is 12.5. The summed E-state index contributed by atoms with van der Waals surface area (Å²) in [4.78, 5) is 0. The van der Waals surface area contributed by atoms with Crippen molar-refractivity contribution in [2.24, 2.45) is 0 Å². The van der Waals surface area contributed by atoms with Gasteiger partial charge in [0, 0.05) is 12.0 Å². The van der Waals surface area contributed by atoms with E-state index >= 15 is 0 Å². The summed E-state index contributed by atoms with van der Waals surface area (Å²) in [5.74, 6) is 1.29. The molecule has 1 aliphatic heterocycles. The van der Waals surface area contributed by atoms with Crippen LogP contribution in [-0.2, 0) is 13.0 Å². The molecule has 0 bridgehead atoms. The van der Waals surface area contributed by atoms with E-state index in [1.165, 1.54) is 24.3 Å². The summed E-state index contributed by atoms with van der Waals surface area (Å²) >= 11 is 0. The van der Waals surface area contributed by atoms with Crippen molar-refractivity contribution < 1.29 is 31.6 Å². The van der Waals surface area contributed by atoms with Gasteiger partial charge in [-0.05, 0) is 67.8 Å². The molecule has 8 heteroatoms. The Balaban J connectivity index is 1.75. The van der Waals surface area contributed by atoms with Crippen molar-refractivity contribution in [2.45, 2.75) is 45.5 Å². The fourth-order valence-electron chi connectivity index (χ4n) is 3.81. The van der Waals surface area contributed by atoms with Gasteiger partial charge in [-0.25, -0.2) is 4.57 Å². The highest BCUT2D eigenvalue weighted by atomic mass is 19.3. The molecule has 0 spiro atoms. The summed E-state index contributed by atoms with van der Waals surface area (Å²) in [5.41, 5.74) is 2.54. The predicted octanol–water partition coefficient (Wildman–Crippen LogP) is 5.36. The maximum absolute atomic E-state index is 12.5. The van der Waals surface area contributed by atoms with Crippen LogP contribution < -0.4 is 14.0 Å². The molecule has 30 heavy (non-hydrogen) atoms. The molecule has 0 atom stereocenters. The van der Waals surface area contributed by atoms with E-state index in [0.29, 0.717) is 0 Å². The lowest BCUT2D eigenvalue weighted by atomic mass is 10.1. The molecule has 2 heterocycles. The molecule has 0 radical (unpaired) electrons. The second-order valence-electron chi connectivity index (χ2n) is 7.05. The number of imidazole rings is 1. The Morgan fingerprint density at radius 1 is 0.767 bits per heavy atom. The van der Waals surface area contributed by atoms with E-state index in [0.717, 1.165) is 55.0 Å². The summed E-state index contributed by atoms with van der Waals surface area (Å²) in [6, 6.07) is 13.0. The van der Waals surface area contributed by atoms with Gasteiger partial charge in [0.05, 0.1) is 6.54 Å². The van der Waals surface area contributed by atoms with Gasteiger partial charge < -0.3 is 9.47 Å². The number of fused-ring (bicyclic) bond motifs is 1. The summed E-state index contributed by atoms with van der Waals surface area (Å²) < 4.78 is 63.0. The minimum atomic E-state index is -2.88. The second-order valence-corrected chi connectivity index (χ2v) is 7.05. The first-order valence-corrected chi connectivity index (χ1v) is 9.76. The van der Waals surface area contributed by atoms with E-state index < -0.39 is 13.2 Å². The van der Waals surface area contributed by atoms with Crippen molar-refractivity contribution in [2.75, 3.05) is 0 Å². The molecular formula is C22H21F4N2O2+. The number of alkyl halides is 4. The first-order chi connectivity index (χ1) is 14.5. The smallest absolute Gasteiger partial charge is 0.387 e. The van der Waals surface area contributed by atoms with Crippen molar-refractivity contribution in [3.63, 3.8) is 0 Å². The topological polar surface area (TPSA) is 27.3 Å². The second kappa shape index (κ2) is 8.77. The summed E-state index contributed by atoms with van der Waals surface area (Å²) in [6.45, 7) is -4.87. The van der Waals surface area contributed by atoms with Gasteiger partial charge in [0.1, 0.15) is 23.4 Å². The Labute approximate surface area is 171 Å². The summed E-state index contributed by atoms with van der Waals surface area (Å²) in [5, 5.41) is 0. The van der Waals surface area contributed by atoms with Crippen molar-refractivity contribution in [3.05, 3.63) is 60.6 Å². The minimum absolute atomic E-state index is 0.0922. The molecule has 2 aromatic carbocycles. The highest BCUT2D eigenvalue weighted by molar-refractivity contribution is 5.62. The van der Waals surface area contributed by atoms with Crippen molar-refractivity contribution in [1.29, 1.82) is 0 Å². The predicted molar refractivity (Wildman–Crippen MR) is 102 cm³/mol. The highest BCUT2D eigenvalue weighted by Crippen LogP contribution is 2.29. The molecule has 4 nitrogen and oxygen atoms in total. The Hall–Kier alpha value is -3.03. The van der Waals surface area contributed by atoms with Crippen LogP contribution in [0.25, 0.3) is 16.9 Å². The Kier molecular flexibility index (Phi) is 5.92. The zero-order chi connectivity index (χ0) is 21.1. The lowest BCUT2D eigenvalue weighted by Crippen LogP contribution is -2.35. The fourth-order valence-corrected chi connectivity index (χ4v) is 3.81. The quantitative estimate of drug-likeness (QED) is 0.396. The Morgan fingerprint density at radius 3 is 1.97 bits per heavy atom. The van der Waals surface area contributed by atoms with Gasteiger partial charge in [-0.1, -0.05) is 0 Å². The van der Waals surface area contributed by atoms with Gasteiger partial charge in [0.15, 0.2) is 5.69 Å². The molecule has 0 fully saturated rings. The SMILES string of the molecule is FC(F)Oc1ccc(-c2c[n+]3c(n2-c2ccc(OC(F)F)cc2)CCCCC3)cc1. The number of benzene rings is 2. The molecule has 1 aromatic heterocycles. The third-order valence-electron chi connectivity index (χ3n) is 5.10. The third-order valence-corrected chi connectivity index (χ3v) is 5.10.